The van der Waals surface area contributed by atoms with E-state index in [4.69, 9.17) is 0 Å². The highest BCUT2D eigenvalue weighted by atomic mass is 19.1. The van der Waals surface area contributed by atoms with Crippen LogP contribution in [-0.4, -0.2) is 10.9 Å². The van der Waals surface area contributed by atoms with Crippen LogP contribution in [-0.2, 0) is 6.42 Å². The largest absolute Gasteiger partial charge is 0.504 e. The van der Waals surface area contributed by atoms with Gasteiger partial charge in [-0.25, -0.2) is 4.39 Å². The maximum absolute atomic E-state index is 14.3. The van der Waals surface area contributed by atoms with Crippen LogP contribution in [0, 0.1) is 5.82 Å². The summed E-state index contributed by atoms with van der Waals surface area (Å²) < 4.78 is 14.3. The van der Waals surface area contributed by atoms with Crippen LogP contribution in [0.15, 0.2) is 36.4 Å². The fourth-order valence-corrected chi connectivity index (χ4v) is 2.34. The summed E-state index contributed by atoms with van der Waals surface area (Å²) in [6.45, 7) is 3.79. The van der Waals surface area contributed by atoms with Crippen molar-refractivity contribution in [3.8, 4) is 16.9 Å². The van der Waals surface area contributed by atoms with Crippen molar-refractivity contribution in [2.75, 3.05) is 0 Å². The average Bonchev–Trinajstić information content (AvgIpc) is 2.50. The minimum atomic E-state index is -0.738. The molecule has 0 amide bonds. The minimum absolute atomic E-state index is 0.0429. The second kappa shape index (κ2) is 6.53. The molecule has 0 spiro atoms. The summed E-state index contributed by atoms with van der Waals surface area (Å²) in [4.78, 5) is 11.6. The van der Waals surface area contributed by atoms with Crippen LogP contribution in [0.25, 0.3) is 11.1 Å². The van der Waals surface area contributed by atoms with Crippen LogP contribution in [0.2, 0.25) is 0 Å². The van der Waals surface area contributed by atoms with Crippen LogP contribution in [0.3, 0.4) is 0 Å². The monoisotopic (exact) mass is 286 g/mol. The molecule has 2 aromatic rings. The molecule has 2 aromatic carbocycles. The van der Waals surface area contributed by atoms with E-state index in [0.717, 1.165) is 12.8 Å². The van der Waals surface area contributed by atoms with E-state index in [0.29, 0.717) is 11.1 Å². The summed E-state index contributed by atoms with van der Waals surface area (Å²) in [7, 11) is 0. The van der Waals surface area contributed by atoms with E-state index in [1.54, 1.807) is 13.0 Å². The first-order valence-corrected chi connectivity index (χ1v) is 7.22. The lowest BCUT2D eigenvalue weighted by atomic mass is 9.98. The van der Waals surface area contributed by atoms with E-state index in [1.807, 2.05) is 24.3 Å². The van der Waals surface area contributed by atoms with Gasteiger partial charge in [0.1, 0.15) is 0 Å². The average molecular weight is 286 g/mol. The Labute approximate surface area is 124 Å². The smallest absolute Gasteiger partial charge is 0.173 e. The maximum Gasteiger partial charge on any atom is 0.173 e. The number of aryl methyl sites for hydroxylation is 1. The van der Waals surface area contributed by atoms with Crippen molar-refractivity contribution < 1.29 is 14.3 Å². The van der Waals surface area contributed by atoms with Crippen molar-refractivity contribution in [1.82, 2.24) is 0 Å². The third-order valence-corrected chi connectivity index (χ3v) is 3.54. The van der Waals surface area contributed by atoms with Crippen LogP contribution >= 0.6 is 0 Å². The number of ketones is 1. The Morgan fingerprint density at radius 3 is 2.33 bits per heavy atom. The second-order valence-electron chi connectivity index (χ2n) is 5.05. The number of halogens is 1. The summed E-state index contributed by atoms with van der Waals surface area (Å²) in [5, 5.41) is 9.88. The van der Waals surface area contributed by atoms with Gasteiger partial charge in [-0.3, -0.25) is 4.79 Å². The summed E-state index contributed by atoms with van der Waals surface area (Å²) >= 11 is 0. The molecule has 1 N–H and O–H groups in total. The summed E-state index contributed by atoms with van der Waals surface area (Å²) in [6.07, 6.45) is 2.28. The van der Waals surface area contributed by atoms with Gasteiger partial charge in [0.25, 0.3) is 0 Å². The molecule has 0 saturated heterocycles. The van der Waals surface area contributed by atoms with Crippen LogP contribution in [0.4, 0.5) is 4.39 Å². The molecule has 0 saturated carbocycles. The fraction of sp³-hybridized carbons (Fsp3) is 0.278. The van der Waals surface area contributed by atoms with Crippen LogP contribution < -0.4 is 0 Å². The van der Waals surface area contributed by atoms with Gasteiger partial charge in [0.05, 0.1) is 5.56 Å². The predicted octanol–water partition coefficient (Wildman–Crippen LogP) is 4.74. The topological polar surface area (TPSA) is 37.3 Å². The van der Waals surface area contributed by atoms with Crippen molar-refractivity contribution >= 4 is 5.78 Å². The first kappa shape index (κ1) is 15.2. The lowest BCUT2D eigenvalue weighted by molar-refractivity contribution is 0.0985. The molecule has 2 nitrogen and oxygen atoms in total. The lowest BCUT2D eigenvalue weighted by Gasteiger charge is -2.09. The number of aromatic hydroxyl groups is 1. The highest BCUT2D eigenvalue weighted by Gasteiger charge is 2.17. The normalized spacial score (nSPS) is 10.6. The zero-order chi connectivity index (χ0) is 15.4. The molecule has 3 heteroatoms. The van der Waals surface area contributed by atoms with E-state index in [-0.39, 0.29) is 17.8 Å². The molecule has 0 aliphatic rings. The van der Waals surface area contributed by atoms with Crippen molar-refractivity contribution in [1.29, 1.82) is 0 Å². The standard InChI is InChI=1S/C18H19FO2/c1-3-5-12-6-8-13(9-7-12)14-10-11-15(16(20)4-2)18(21)17(14)19/h6-11,21H,3-5H2,1-2H3. The van der Waals surface area contributed by atoms with Crippen molar-refractivity contribution in [3.05, 3.63) is 53.3 Å². The van der Waals surface area contributed by atoms with Gasteiger partial charge in [0, 0.05) is 12.0 Å². The Kier molecular flexibility index (Phi) is 4.73. The predicted molar refractivity (Wildman–Crippen MR) is 82.1 cm³/mol. The van der Waals surface area contributed by atoms with Gasteiger partial charge in [-0.15, -0.1) is 0 Å². The molecule has 0 radical (unpaired) electrons. The number of phenolic OH excluding ortho intramolecular Hbond substituents is 1. The SMILES string of the molecule is CCCc1ccc(-c2ccc(C(=O)CC)c(O)c2F)cc1. The molecule has 21 heavy (non-hydrogen) atoms. The molecule has 0 atom stereocenters. The van der Waals surface area contributed by atoms with Gasteiger partial charge in [0.2, 0.25) is 0 Å². The Morgan fingerprint density at radius 2 is 1.76 bits per heavy atom. The van der Waals surface area contributed by atoms with E-state index in [9.17, 15) is 14.3 Å². The maximum atomic E-state index is 14.3. The van der Waals surface area contributed by atoms with E-state index in [1.165, 1.54) is 11.6 Å². The van der Waals surface area contributed by atoms with Gasteiger partial charge in [-0.05, 0) is 23.6 Å². The Bertz CT molecular complexity index is 645. The quantitative estimate of drug-likeness (QED) is 0.806. The molecule has 0 aliphatic carbocycles. The highest BCUT2D eigenvalue weighted by Crippen LogP contribution is 2.32. The van der Waals surface area contributed by atoms with Gasteiger partial charge in [-0.2, -0.15) is 0 Å². The molecule has 0 fully saturated rings. The zero-order valence-corrected chi connectivity index (χ0v) is 12.3. The Hall–Kier alpha value is -2.16. The molecule has 0 bridgehead atoms. The fourth-order valence-electron chi connectivity index (χ4n) is 2.34. The number of benzene rings is 2. The lowest BCUT2D eigenvalue weighted by Crippen LogP contribution is -1.99. The molecular weight excluding hydrogens is 267 g/mol. The number of rotatable bonds is 5. The molecule has 2 rings (SSSR count). The minimum Gasteiger partial charge on any atom is -0.504 e. The van der Waals surface area contributed by atoms with E-state index < -0.39 is 11.6 Å². The number of carbonyl (C=O) groups is 1. The summed E-state index contributed by atoms with van der Waals surface area (Å²) in [6, 6.07) is 10.6. The molecule has 110 valence electrons. The third kappa shape index (κ3) is 3.13. The number of Topliss-reactive ketones (excluding diaryl/α,β-unsaturated/α-hetero) is 1. The van der Waals surface area contributed by atoms with Gasteiger partial charge >= 0.3 is 0 Å². The number of phenols is 1. The van der Waals surface area contributed by atoms with Crippen LogP contribution in [0.5, 0.6) is 5.75 Å². The second-order valence-corrected chi connectivity index (χ2v) is 5.05. The molecule has 0 unspecified atom stereocenters. The summed E-state index contributed by atoms with van der Waals surface area (Å²) in [5.41, 5.74) is 2.24. The zero-order valence-electron chi connectivity index (χ0n) is 12.3. The highest BCUT2D eigenvalue weighted by molar-refractivity contribution is 5.99. The van der Waals surface area contributed by atoms with Crippen molar-refractivity contribution in [2.24, 2.45) is 0 Å². The van der Waals surface area contributed by atoms with Crippen molar-refractivity contribution in [2.45, 2.75) is 33.1 Å². The van der Waals surface area contributed by atoms with E-state index in [2.05, 4.69) is 6.92 Å². The number of hydrogen-bond acceptors (Lipinski definition) is 2. The van der Waals surface area contributed by atoms with Gasteiger partial charge < -0.3 is 5.11 Å². The molecular formula is C18H19FO2. The number of hydrogen-bond donors (Lipinski definition) is 1. The Balaban J connectivity index is 2.41. The van der Waals surface area contributed by atoms with E-state index >= 15 is 0 Å². The summed E-state index contributed by atoms with van der Waals surface area (Å²) in [5.74, 6) is -1.56. The Morgan fingerprint density at radius 1 is 1.10 bits per heavy atom. The van der Waals surface area contributed by atoms with Gasteiger partial charge in [-0.1, -0.05) is 50.6 Å². The third-order valence-electron chi connectivity index (χ3n) is 3.54. The van der Waals surface area contributed by atoms with Crippen molar-refractivity contribution in [3.63, 3.8) is 0 Å². The first-order chi connectivity index (χ1) is 10.1. The molecule has 0 aromatic heterocycles. The molecule has 0 aliphatic heterocycles. The molecule has 0 heterocycles. The van der Waals surface area contributed by atoms with Gasteiger partial charge in [0.15, 0.2) is 17.3 Å². The number of carbonyl (C=O) groups excluding carboxylic acids is 1. The van der Waals surface area contributed by atoms with Crippen LogP contribution in [0.1, 0.15) is 42.6 Å². The first-order valence-electron chi connectivity index (χ1n) is 7.22.